The molecule has 0 aliphatic rings. The van der Waals surface area contributed by atoms with Crippen molar-refractivity contribution in [1.82, 2.24) is 0 Å². The number of carbonyl (C=O) groups is 3. The van der Waals surface area contributed by atoms with Crippen molar-refractivity contribution < 1.29 is 45.4 Å². The lowest BCUT2D eigenvalue weighted by molar-refractivity contribution is -0.137. The van der Waals surface area contributed by atoms with Gasteiger partial charge in [0, 0.05) is 0 Å². The monoisotopic (exact) mass is 564 g/mol. The number of halogens is 3. The molecule has 0 fully saturated rings. The number of anilines is 2. The number of benzene rings is 3. The fourth-order valence-electron chi connectivity index (χ4n) is 3.49. The molecule has 0 saturated heterocycles. The number of sulfonamides is 1. The zero-order valence-electron chi connectivity index (χ0n) is 20.9. The topological polar surface area (TPSA) is 119 Å². The molecule has 0 aliphatic carbocycles. The third-order valence-corrected chi connectivity index (χ3v) is 7.27. The Balaban J connectivity index is 2.06. The number of hydrogen-bond acceptors (Lipinski definition) is 7. The number of nitrogens with one attached hydrogen (secondary N) is 1. The summed E-state index contributed by atoms with van der Waals surface area (Å²) in [5.41, 5.74) is -1.21. The van der Waals surface area contributed by atoms with Crippen LogP contribution in [0.4, 0.5) is 24.5 Å². The smallest absolute Gasteiger partial charge is 0.416 e. The van der Waals surface area contributed by atoms with Crippen molar-refractivity contribution in [2.24, 2.45) is 0 Å². The van der Waals surface area contributed by atoms with Gasteiger partial charge in [-0.05, 0) is 55.5 Å². The third kappa shape index (κ3) is 6.74. The maximum absolute atomic E-state index is 13.5. The first kappa shape index (κ1) is 29.2. The van der Waals surface area contributed by atoms with Crippen molar-refractivity contribution >= 4 is 39.2 Å². The zero-order valence-corrected chi connectivity index (χ0v) is 21.7. The molecule has 0 bridgehead atoms. The molecule has 1 N–H and O–H groups in total. The molecule has 0 unspecified atom stereocenters. The lowest BCUT2D eigenvalue weighted by Crippen LogP contribution is -2.38. The van der Waals surface area contributed by atoms with Crippen LogP contribution in [0.25, 0.3) is 0 Å². The van der Waals surface area contributed by atoms with E-state index in [2.05, 4.69) is 14.8 Å². The first-order valence-corrected chi connectivity index (χ1v) is 12.6. The van der Waals surface area contributed by atoms with Crippen molar-refractivity contribution in [2.45, 2.75) is 18.0 Å². The number of nitrogens with zero attached hydrogens (tertiary/aromatic N) is 1. The van der Waals surface area contributed by atoms with Crippen LogP contribution in [0.1, 0.15) is 31.8 Å². The van der Waals surface area contributed by atoms with Gasteiger partial charge >= 0.3 is 18.1 Å². The van der Waals surface area contributed by atoms with Gasteiger partial charge in [0.2, 0.25) is 5.91 Å². The summed E-state index contributed by atoms with van der Waals surface area (Å²) in [6.45, 7) is 0.746. The Morgan fingerprint density at radius 2 is 1.54 bits per heavy atom. The molecule has 0 aromatic heterocycles. The van der Waals surface area contributed by atoms with E-state index in [0.29, 0.717) is 10.4 Å². The second-order valence-electron chi connectivity index (χ2n) is 8.16. The normalized spacial score (nSPS) is 11.4. The summed E-state index contributed by atoms with van der Waals surface area (Å²) in [7, 11) is -2.33. The Kier molecular flexibility index (Phi) is 8.64. The van der Waals surface area contributed by atoms with E-state index in [1.807, 2.05) is 0 Å². The summed E-state index contributed by atoms with van der Waals surface area (Å²) in [5, 5.41) is 2.35. The predicted molar refractivity (Wildman–Crippen MR) is 135 cm³/mol. The average Bonchev–Trinajstić information content (AvgIpc) is 2.90. The van der Waals surface area contributed by atoms with Gasteiger partial charge in [-0.1, -0.05) is 23.8 Å². The molecule has 0 aliphatic heterocycles. The molecular weight excluding hydrogens is 541 g/mol. The second kappa shape index (κ2) is 11.6. The number of rotatable bonds is 8. The molecular formula is C26H23F3N2O7S. The van der Waals surface area contributed by atoms with Gasteiger partial charge in [0.1, 0.15) is 6.54 Å². The van der Waals surface area contributed by atoms with Crippen LogP contribution in [0.3, 0.4) is 0 Å². The van der Waals surface area contributed by atoms with Crippen molar-refractivity contribution in [3.8, 4) is 0 Å². The van der Waals surface area contributed by atoms with Crippen LogP contribution in [-0.2, 0) is 30.5 Å². The largest absolute Gasteiger partial charge is 0.465 e. The van der Waals surface area contributed by atoms with Crippen LogP contribution in [0.5, 0.6) is 0 Å². The highest BCUT2D eigenvalue weighted by Gasteiger charge is 2.33. The number of methoxy groups -OCH3 is 2. The highest BCUT2D eigenvalue weighted by molar-refractivity contribution is 7.92. The number of hydrogen-bond donors (Lipinski definition) is 1. The average molecular weight is 565 g/mol. The number of ether oxygens (including phenoxy) is 2. The molecule has 3 aromatic rings. The van der Waals surface area contributed by atoms with Gasteiger partial charge in [-0.2, -0.15) is 13.2 Å². The molecule has 0 radical (unpaired) electrons. The van der Waals surface area contributed by atoms with Crippen molar-refractivity contribution in [3.05, 3.63) is 89.0 Å². The highest BCUT2D eigenvalue weighted by atomic mass is 32.2. The number of carbonyl (C=O) groups excluding carboxylic acids is 3. The fraction of sp³-hybridized carbons (Fsp3) is 0.192. The molecule has 0 spiro atoms. The molecule has 39 heavy (non-hydrogen) atoms. The molecule has 3 rings (SSSR count). The van der Waals surface area contributed by atoms with E-state index in [-0.39, 0.29) is 21.7 Å². The van der Waals surface area contributed by atoms with Crippen molar-refractivity contribution in [3.63, 3.8) is 0 Å². The lowest BCUT2D eigenvalue weighted by Gasteiger charge is -2.25. The van der Waals surface area contributed by atoms with E-state index in [9.17, 15) is 36.0 Å². The Bertz CT molecular complexity index is 1500. The first-order chi connectivity index (χ1) is 18.3. The van der Waals surface area contributed by atoms with Crippen LogP contribution in [0.2, 0.25) is 0 Å². The van der Waals surface area contributed by atoms with Crippen LogP contribution in [-0.4, -0.2) is 47.0 Å². The standard InChI is InChI=1S/C26H23F3N2O7S/c1-16-7-10-20(11-8-16)39(35,36)31(19-6-4-5-18(14-19)26(27,28)29)15-23(32)30-22-13-17(24(33)37-2)9-12-21(22)25(34)38-3/h4-14H,15H2,1-3H3,(H,30,32). The molecule has 0 saturated carbocycles. The minimum atomic E-state index is -4.78. The summed E-state index contributed by atoms with van der Waals surface area (Å²) in [6, 6.07) is 12.6. The number of alkyl halides is 3. The van der Waals surface area contributed by atoms with Crippen LogP contribution >= 0.6 is 0 Å². The third-order valence-electron chi connectivity index (χ3n) is 5.48. The van der Waals surface area contributed by atoms with Crippen LogP contribution < -0.4 is 9.62 Å². The van der Waals surface area contributed by atoms with Gasteiger partial charge in [-0.3, -0.25) is 9.10 Å². The van der Waals surface area contributed by atoms with E-state index in [4.69, 9.17) is 0 Å². The maximum Gasteiger partial charge on any atom is 0.416 e. The van der Waals surface area contributed by atoms with Crippen LogP contribution in [0.15, 0.2) is 71.6 Å². The summed E-state index contributed by atoms with van der Waals surface area (Å²) in [4.78, 5) is 37.0. The SMILES string of the molecule is COC(=O)c1ccc(C(=O)OC)c(NC(=O)CN(c2cccc(C(F)(F)F)c2)S(=O)(=O)c2ccc(C)cc2)c1. The van der Waals surface area contributed by atoms with Gasteiger partial charge in [0.05, 0.1) is 47.2 Å². The molecule has 0 heterocycles. The van der Waals surface area contributed by atoms with E-state index < -0.39 is 51.8 Å². The van der Waals surface area contributed by atoms with Gasteiger partial charge < -0.3 is 14.8 Å². The minimum Gasteiger partial charge on any atom is -0.465 e. The Labute approximate surface area is 222 Å². The Morgan fingerprint density at radius 1 is 0.897 bits per heavy atom. The highest BCUT2D eigenvalue weighted by Crippen LogP contribution is 2.33. The molecule has 206 valence electrons. The second-order valence-corrected chi connectivity index (χ2v) is 10.0. The molecule has 13 heteroatoms. The lowest BCUT2D eigenvalue weighted by atomic mass is 10.1. The van der Waals surface area contributed by atoms with Crippen molar-refractivity contribution in [2.75, 3.05) is 30.4 Å². The Morgan fingerprint density at radius 3 is 2.13 bits per heavy atom. The van der Waals surface area contributed by atoms with Gasteiger partial charge in [0.25, 0.3) is 10.0 Å². The Hall–Kier alpha value is -4.39. The predicted octanol–water partition coefficient (Wildman–Crippen LogP) is 4.42. The fourth-order valence-corrected chi connectivity index (χ4v) is 4.90. The van der Waals surface area contributed by atoms with Crippen LogP contribution in [0, 0.1) is 6.92 Å². The number of amides is 1. The van der Waals surface area contributed by atoms with Gasteiger partial charge in [-0.15, -0.1) is 0 Å². The molecule has 0 atom stereocenters. The molecule has 1 amide bonds. The first-order valence-electron chi connectivity index (χ1n) is 11.1. The van der Waals surface area contributed by atoms with E-state index in [1.165, 1.54) is 36.4 Å². The summed E-state index contributed by atoms with van der Waals surface area (Å²) < 4.78 is 77.1. The zero-order chi connectivity index (χ0) is 29.0. The minimum absolute atomic E-state index is 0.0394. The van der Waals surface area contributed by atoms with E-state index >= 15 is 0 Å². The summed E-state index contributed by atoms with van der Waals surface area (Å²) in [5.74, 6) is -2.67. The van der Waals surface area contributed by atoms with E-state index in [0.717, 1.165) is 44.0 Å². The summed E-state index contributed by atoms with van der Waals surface area (Å²) >= 11 is 0. The van der Waals surface area contributed by atoms with Gasteiger partial charge in [0.15, 0.2) is 0 Å². The van der Waals surface area contributed by atoms with E-state index in [1.54, 1.807) is 6.92 Å². The quantitative estimate of drug-likeness (QED) is 0.403. The molecule has 9 nitrogen and oxygen atoms in total. The van der Waals surface area contributed by atoms with Gasteiger partial charge in [-0.25, -0.2) is 18.0 Å². The number of aryl methyl sites for hydroxylation is 1. The molecule has 3 aromatic carbocycles. The van der Waals surface area contributed by atoms with Crippen molar-refractivity contribution in [1.29, 1.82) is 0 Å². The maximum atomic E-state index is 13.5. The summed E-state index contributed by atoms with van der Waals surface area (Å²) in [6.07, 6.45) is -4.78. The number of esters is 2.